The van der Waals surface area contributed by atoms with E-state index in [-0.39, 0.29) is 13.0 Å². The molecular weight excluding hydrogens is 296 g/mol. The van der Waals surface area contributed by atoms with Crippen molar-refractivity contribution in [3.8, 4) is 0 Å². The molecule has 2 aliphatic rings. The van der Waals surface area contributed by atoms with Crippen molar-refractivity contribution < 1.29 is 29.9 Å². The van der Waals surface area contributed by atoms with Crippen LogP contribution in [-0.2, 0) is 9.47 Å². The third kappa shape index (κ3) is 3.26. The number of hydrogen-bond acceptors (Lipinski definition) is 10. The lowest BCUT2D eigenvalue weighted by molar-refractivity contribution is -0.287. The average molecular weight is 322 g/mol. The second kappa shape index (κ2) is 7.01. The molecule has 2 rings (SSSR count). The maximum atomic E-state index is 10.1. The van der Waals surface area contributed by atoms with Crippen LogP contribution in [0.5, 0.6) is 0 Å². The van der Waals surface area contributed by atoms with E-state index >= 15 is 0 Å². The lowest BCUT2D eigenvalue weighted by atomic mass is 9.84. The van der Waals surface area contributed by atoms with Gasteiger partial charge in [-0.2, -0.15) is 0 Å². The van der Waals surface area contributed by atoms with E-state index < -0.39 is 61.0 Å². The summed E-state index contributed by atoms with van der Waals surface area (Å²) in [5.74, 6) is 0. The van der Waals surface area contributed by atoms with Gasteiger partial charge in [0, 0.05) is 18.6 Å². The molecule has 2 fully saturated rings. The SMILES string of the molecule is NC[C@@H]1O[C@H](O[C@H]2[C@@H](O)[C@H](O)[C@@H](N)C[C@H]2N)[C@H](N)[C@H](O)[C@@H]1O. The van der Waals surface area contributed by atoms with Crippen LogP contribution in [0.2, 0.25) is 0 Å². The normalized spacial score (nSPS) is 53.5. The van der Waals surface area contributed by atoms with E-state index in [9.17, 15) is 20.4 Å². The number of ether oxygens (including phenoxy) is 2. The van der Waals surface area contributed by atoms with E-state index in [4.69, 9.17) is 32.4 Å². The summed E-state index contributed by atoms with van der Waals surface area (Å²) in [6, 6.07) is -2.34. The van der Waals surface area contributed by atoms with Crippen molar-refractivity contribution in [3.05, 3.63) is 0 Å². The van der Waals surface area contributed by atoms with Crippen LogP contribution in [0.15, 0.2) is 0 Å². The molecule has 0 aromatic heterocycles. The number of aliphatic hydroxyl groups is 4. The van der Waals surface area contributed by atoms with E-state index in [1.165, 1.54) is 0 Å². The van der Waals surface area contributed by atoms with Crippen molar-refractivity contribution in [2.45, 2.75) is 67.5 Å². The molecule has 12 N–H and O–H groups in total. The quantitative estimate of drug-likeness (QED) is 0.248. The van der Waals surface area contributed by atoms with Gasteiger partial charge in [0.25, 0.3) is 0 Å². The van der Waals surface area contributed by atoms with E-state index in [1.807, 2.05) is 0 Å². The summed E-state index contributed by atoms with van der Waals surface area (Å²) in [5.41, 5.74) is 22.8. The largest absolute Gasteiger partial charge is 0.389 e. The van der Waals surface area contributed by atoms with Crippen molar-refractivity contribution in [3.63, 3.8) is 0 Å². The van der Waals surface area contributed by atoms with Crippen molar-refractivity contribution in [1.82, 2.24) is 0 Å². The molecule has 0 bridgehead atoms. The highest BCUT2D eigenvalue weighted by Crippen LogP contribution is 2.26. The maximum Gasteiger partial charge on any atom is 0.176 e. The zero-order chi connectivity index (χ0) is 16.6. The fraction of sp³-hybridized carbons (Fsp3) is 1.00. The monoisotopic (exact) mass is 322 g/mol. The van der Waals surface area contributed by atoms with Crippen molar-refractivity contribution in [2.24, 2.45) is 22.9 Å². The Kier molecular flexibility index (Phi) is 5.72. The molecular formula is C12H26N4O6. The van der Waals surface area contributed by atoms with E-state index in [0.29, 0.717) is 0 Å². The van der Waals surface area contributed by atoms with E-state index in [0.717, 1.165) is 0 Å². The summed E-state index contributed by atoms with van der Waals surface area (Å²) >= 11 is 0. The lowest BCUT2D eigenvalue weighted by Crippen LogP contribution is -2.67. The van der Waals surface area contributed by atoms with Crippen molar-refractivity contribution in [1.29, 1.82) is 0 Å². The predicted octanol–water partition coefficient (Wildman–Crippen LogP) is -5.12. The van der Waals surface area contributed by atoms with Gasteiger partial charge < -0.3 is 52.8 Å². The minimum absolute atomic E-state index is 0.0441. The molecule has 1 aliphatic heterocycles. The van der Waals surface area contributed by atoms with Gasteiger partial charge in [0.1, 0.15) is 30.5 Å². The minimum atomic E-state index is -1.31. The number of aliphatic hydroxyl groups excluding tert-OH is 4. The van der Waals surface area contributed by atoms with Crippen LogP contribution >= 0.6 is 0 Å². The van der Waals surface area contributed by atoms with Gasteiger partial charge in [-0.05, 0) is 6.42 Å². The highest BCUT2D eigenvalue weighted by atomic mass is 16.7. The fourth-order valence-electron chi connectivity index (χ4n) is 2.89. The standard InChI is InChI=1S/C12H26N4O6/c13-2-5-8(18)9(19)6(16)12(21-5)22-11-4(15)1-3(14)7(17)10(11)20/h3-12,17-20H,1-2,13-16H2/t3-,4+,5-,6+,7+,8+,9-,10-,11+,12+/m0/s1. The van der Waals surface area contributed by atoms with Crippen LogP contribution in [0.1, 0.15) is 6.42 Å². The van der Waals surface area contributed by atoms with Gasteiger partial charge in [-0.1, -0.05) is 0 Å². The predicted molar refractivity (Wildman–Crippen MR) is 75.2 cm³/mol. The summed E-state index contributed by atoms with van der Waals surface area (Å²) in [6.45, 7) is -0.0441. The topological polar surface area (TPSA) is 203 Å². The van der Waals surface area contributed by atoms with Crippen LogP contribution in [0.3, 0.4) is 0 Å². The first kappa shape index (κ1) is 17.9. The number of nitrogens with two attached hydrogens (primary N) is 4. The first-order valence-corrected chi connectivity index (χ1v) is 7.28. The Bertz CT molecular complexity index is 376. The van der Waals surface area contributed by atoms with Crippen LogP contribution in [0.25, 0.3) is 0 Å². The van der Waals surface area contributed by atoms with Crippen molar-refractivity contribution >= 4 is 0 Å². The molecule has 0 unspecified atom stereocenters. The van der Waals surface area contributed by atoms with Crippen LogP contribution < -0.4 is 22.9 Å². The highest BCUT2D eigenvalue weighted by Gasteiger charge is 2.47. The Labute approximate surface area is 128 Å². The Hall–Kier alpha value is -0.400. The Balaban J connectivity index is 2.08. The maximum absolute atomic E-state index is 10.1. The Morgan fingerprint density at radius 2 is 1.55 bits per heavy atom. The first-order valence-electron chi connectivity index (χ1n) is 7.28. The number of hydrogen-bond donors (Lipinski definition) is 8. The van der Waals surface area contributed by atoms with Crippen LogP contribution in [-0.4, -0.2) is 88.0 Å². The highest BCUT2D eigenvalue weighted by molar-refractivity contribution is 4.99. The van der Waals surface area contributed by atoms with Crippen LogP contribution in [0.4, 0.5) is 0 Å². The molecule has 1 saturated carbocycles. The fourth-order valence-corrected chi connectivity index (χ4v) is 2.89. The van der Waals surface area contributed by atoms with Gasteiger partial charge in [0.2, 0.25) is 0 Å². The second-order valence-corrected chi connectivity index (χ2v) is 5.98. The van der Waals surface area contributed by atoms with Gasteiger partial charge in [0.05, 0.1) is 12.1 Å². The smallest absolute Gasteiger partial charge is 0.176 e. The molecule has 10 nitrogen and oxygen atoms in total. The summed E-state index contributed by atoms with van der Waals surface area (Å²) < 4.78 is 11.0. The van der Waals surface area contributed by atoms with Gasteiger partial charge in [-0.3, -0.25) is 0 Å². The van der Waals surface area contributed by atoms with Gasteiger partial charge in [0.15, 0.2) is 6.29 Å². The van der Waals surface area contributed by atoms with Gasteiger partial charge >= 0.3 is 0 Å². The molecule has 10 heteroatoms. The molecule has 1 saturated heterocycles. The molecule has 22 heavy (non-hydrogen) atoms. The molecule has 1 heterocycles. The molecule has 0 radical (unpaired) electrons. The molecule has 0 spiro atoms. The summed E-state index contributed by atoms with van der Waals surface area (Å²) in [4.78, 5) is 0. The average Bonchev–Trinajstić information content (AvgIpc) is 2.49. The number of rotatable bonds is 3. The molecule has 130 valence electrons. The van der Waals surface area contributed by atoms with Crippen molar-refractivity contribution in [2.75, 3.05) is 6.54 Å². The molecule has 0 aromatic rings. The Morgan fingerprint density at radius 3 is 2.14 bits per heavy atom. The van der Waals surface area contributed by atoms with E-state index in [1.54, 1.807) is 0 Å². The molecule has 0 amide bonds. The molecule has 0 aromatic carbocycles. The third-order valence-electron chi connectivity index (χ3n) is 4.36. The summed E-state index contributed by atoms with van der Waals surface area (Å²) in [5, 5.41) is 39.6. The van der Waals surface area contributed by atoms with Crippen LogP contribution in [0, 0.1) is 0 Å². The Morgan fingerprint density at radius 1 is 0.909 bits per heavy atom. The molecule has 10 atom stereocenters. The zero-order valence-electron chi connectivity index (χ0n) is 12.1. The lowest BCUT2D eigenvalue weighted by Gasteiger charge is -2.45. The third-order valence-corrected chi connectivity index (χ3v) is 4.36. The first-order chi connectivity index (χ1) is 10.3. The zero-order valence-corrected chi connectivity index (χ0v) is 12.1. The summed E-state index contributed by atoms with van der Waals surface area (Å²) in [6.07, 6.45) is -7.73. The van der Waals surface area contributed by atoms with Gasteiger partial charge in [-0.15, -0.1) is 0 Å². The van der Waals surface area contributed by atoms with E-state index in [2.05, 4.69) is 0 Å². The van der Waals surface area contributed by atoms with Gasteiger partial charge in [-0.25, -0.2) is 0 Å². The molecule has 1 aliphatic carbocycles. The minimum Gasteiger partial charge on any atom is -0.389 e. The summed E-state index contributed by atoms with van der Waals surface area (Å²) in [7, 11) is 0. The second-order valence-electron chi connectivity index (χ2n) is 5.98.